The van der Waals surface area contributed by atoms with E-state index in [1.807, 2.05) is 55.1 Å². The van der Waals surface area contributed by atoms with Crippen molar-refractivity contribution in [1.82, 2.24) is 14.7 Å². The fraction of sp³-hybridized carbons (Fsp3) is 0.345. The van der Waals surface area contributed by atoms with Crippen LogP contribution in [-0.2, 0) is 16.0 Å². The molecule has 2 amide bonds. The maximum absolute atomic E-state index is 14.2. The number of hydrogen-bond acceptors (Lipinski definition) is 5. The molecule has 0 aliphatic carbocycles. The van der Waals surface area contributed by atoms with Crippen molar-refractivity contribution in [3.8, 4) is 11.4 Å². The van der Waals surface area contributed by atoms with Crippen LogP contribution in [0.25, 0.3) is 11.3 Å². The number of carbonyl (C=O) groups is 2. The molecule has 5 rings (SSSR count). The van der Waals surface area contributed by atoms with Crippen LogP contribution in [0, 0.1) is 6.92 Å². The van der Waals surface area contributed by atoms with Gasteiger partial charge < -0.3 is 9.64 Å². The number of ether oxygens (including phenoxy) is 1. The number of nitrogens with zero attached hydrogens (tertiary/aromatic N) is 3. The first-order valence-electron chi connectivity index (χ1n) is 12.9. The summed E-state index contributed by atoms with van der Waals surface area (Å²) in [6.07, 6.45) is 4.26. The lowest BCUT2D eigenvalue weighted by Gasteiger charge is -2.29. The molecule has 8 heteroatoms. The first kappa shape index (κ1) is 24.6. The molecule has 0 spiro atoms. The van der Waals surface area contributed by atoms with Crippen LogP contribution in [0.15, 0.2) is 59.0 Å². The lowest BCUT2D eigenvalue weighted by atomic mass is 10.0. The Morgan fingerprint density at radius 2 is 1.68 bits per heavy atom. The molecule has 1 N–H and O–H groups in total. The number of imide groups is 1. The summed E-state index contributed by atoms with van der Waals surface area (Å²) in [5.74, 6) is -0.487. The minimum absolute atomic E-state index is 0.176. The fourth-order valence-electron chi connectivity index (χ4n) is 5.28. The van der Waals surface area contributed by atoms with Crippen LogP contribution in [-0.4, -0.2) is 46.7 Å². The van der Waals surface area contributed by atoms with Crippen LogP contribution < -0.4 is 15.2 Å². The van der Waals surface area contributed by atoms with Gasteiger partial charge in [0.05, 0.1) is 29.6 Å². The summed E-state index contributed by atoms with van der Waals surface area (Å²) in [6.45, 7) is 5.25. The molecular weight excluding hydrogens is 468 g/mol. The molecule has 2 aliphatic rings. The maximum Gasteiger partial charge on any atom is 0.282 e. The third-order valence-electron chi connectivity index (χ3n) is 7.04. The van der Waals surface area contributed by atoms with Crippen molar-refractivity contribution >= 4 is 23.1 Å². The second-order valence-corrected chi connectivity index (χ2v) is 9.58. The minimum atomic E-state index is -0.497. The Labute approximate surface area is 216 Å². The first-order valence-corrected chi connectivity index (χ1v) is 12.9. The lowest BCUT2D eigenvalue weighted by Crippen LogP contribution is -2.37. The van der Waals surface area contributed by atoms with Crippen molar-refractivity contribution in [3.63, 3.8) is 0 Å². The van der Waals surface area contributed by atoms with Crippen LogP contribution >= 0.6 is 0 Å². The molecule has 0 unspecified atom stereocenters. The summed E-state index contributed by atoms with van der Waals surface area (Å²) in [4.78, 5) is 45.4. The molecule has 1 fully saturated rings. The number of aromatic amines is 1. The molecule has 3 aromatic rings. The number of likely N-dealkylation sites (tertiary alicyclic amines) is 1. The number of methoxy groups -OCH3 is 1. The van der Waals surface area contributed by atoms with E-state index in [2.05, 4.69) is 5.10 Å². The van der Waals surface area contributed by atoms with E-state index >= 15 is 0 Å². The van der Waals surface area contributed by atoms with Gasteiger partial charge in [-0.3, -0.25) is 19.5 Å². The third kappa shape index (κ3) is 4.26. The van der Waals surface area contributed by atoms with Gasteiger partial charge in [-0.25, -0.2) is 9.58 Å². The molecule has 1 aromatic heterocycles. The van der Waals surface area contributed by atoms with E-state index in [0.717, 1.165) is 31.2 Å². The van der Waals surface area contributed by atoms with E-state index < -0.39 is 11.8 Å². The first-order chi connectivity index (χ1) is 18.0. The van der Waals surface area contributed by atoms with Crippen LogP contribution in [0.1, 0.15) is 49.4 Å². The lowest BCUT2D eigenvalue weighted by molar-refractivity contribution is -0.120. The quantitative estimate of drug-likeness (QED) is 0.491. The van der Waals surface area contributed by atoms with E-state index in [1.54, 1.807) is 12.1 Å². The highest BCUT2D eigenvalue weighted by Crippen LogP contribution is 2.40. The molecule has 0 bridgehead atoms. The summed E-state index contributed by atoms with van der Waals surface area (Å²) in [6, 6.07) is 14.7. The molecule has 3 heterocycles. The molecule has 0 radical (unpaired) electrons. The highest BCUT2D eigenvalue weighted by Gasteiger charge is 2.45. The zero-order chi connectivity index (χ0) is 26.1. The summed E-state index contributed by atoms with van der Waals surface area (Å²) in [5.41, 5.74) is 3.03. The highest BCUT2D eigenvalue weighted by molar-refractivity contribution is 6.45. The summed E-state index contributed by atoms with van der Waals surface area (Å²) in [7, 11) is 1.52. The van der Waals surface area contributed by atoms with Gasteiger partial charge in [-0.15, -0.1) is 0 Å². The number of amides is 2. The Kier molecular flexibility index (Phi) is 6.74. The largest absolute Gasteiger partial charge is 0.495 e. The molecule has 2 aliphatic heterocycles. The monoisotopic (exact) mass is 500 g/mol. The van der Waals surface area contributed by atoms with Crippen LogP contribution in [0.3, 0.4) is 0 Å². The zero-order valence-electron chi connectivity index (χ0n) is 21.5. The predicted octanol–water partition coefficient (Wildman–Crippen LogP) is 4.21. The van der Waals surface area contributed by atoms with Crippen LogP contribution in [0.2, 0.25) is 0 Å². The average molecular weight is 501 g/mol. The van der Waals surface area contributed by atoms with Crippen molar-refractivity contribution in [2.45, 2.75) is 46.0 Å². The number of anilines is 1. The van der Waals surface area contributed by atoms with Gasteiger partial charge in [0.15, 0.2) is 0 Å². The number of hydrogen-bond donors (Lipinski definition) is 1. The van der Waals surface area contributed by atoms with Crippen molar-refractivity contribution in [1.29, 1.82) is 0 Å². The van der Waals surface area contributed by atoms with E-state index in [9.17, 15) is 14.4 Å². The normalized spacial score (nSPS) is 16.2. The summed E-state index contributed by atoms with van der Waals surface area (Å²) < 4.78 is 7.00. The van der Waals surface area contributed by atoms with E-state index in [-0.39, 0.29) is 16.7 Å². The number of carbonyl (C=O) groups excluding carboxylic acids is 2. The second-order valence-electron chi connectivity index (χ2n) is 9.58. The van der Waals surface area contributed by atoms with Crippen LogP contribution in [0.4, 0.5) is 5.69 Å². The minimum Gasteiger partial charge on any atom is -0.495 e. The SMILES string of the molecule is CCCc1[nH]n(-c2ccccc2)c(=O)c1C1=C(N2CCCCC2)C(=O)N(c2cc(C)ccc2OC)C1=O. The van der Waals surface area contributed by atoms with Gasteiger partial charge in [-0.05, 0) is 62.4 Å². The maximum atomic E-state index is 14.2. The van der Waals surface area contributed by atoms with Gasteiger partial charge in [-0.1, -0.05) is 37.6 Å². The average Bonchev–Trinajstić information content (AvgIpc) is 3.36. The Hall–Kier alpha value is -4.07. The molecular formula is C29H32N4O4. The van der Waals surface area contributed by atoms with Crippen molar-refractivity contribution in [3.05, 3.63) is 81.4 Å². The van der Waals surface area contributed by atoms with Gasteiger partial charge >= 0.3 is 0 Å². The number of nitrogens with one attached hydrogen (secondary N) is 1. The van der Waals surface area contributed by atoms with Gasteiger partial charge in [-0.2, -0.15) is 0 Å². The number of piperidine rings is 1. The zero-order valence-corrected chi connectivity index (χ0v) is 21.5. The predicted molar refractivity (Wildman–Crippen MR) is 143 cm³/mol. The third-order valence-corrected chi connectivity index (χ3v) is 7.04. The standard InChI is InChI=1S/C29H32N4O4/c1-4-11-21-24(28(35)33(30-21)20-12-7-5-8-13-20)25-26(31-16-9-6-10-17-31)29(36)32(27(25)34)22-18-19(2)14-15-23(22)37-3/h5,7-8,12-15,18,30H,4,6,9-11,16-17H2,1-3H3. The fourth-order valence-corrected chi connectivity index (χ4v) is 5.28. The van der Waals surface area contributed by atoms with Gasteiger partial charge in [0.25, 0.3) is 17.4 Å². The number of benzene rings is 2. The Morgan fingerprint density at radius 1 is 0.946 bits per heavy atom. The number of rotatable bonds is 7. The highest BCUT2D eigenvalue weighted by atomic mass is 16.5. The van der Waals surface area contributed by atoms with E-state index in [4.69, 9.17) is 4.74 Å². The van der Waals surface area contributed by atoms with Gasteiger partial charge in [0, 0.05) is 18.8 Å². The topological polar surface area (TPSA) is 87.6 Å². The van der Waals surface area contributed by atoms with Crippen molar-refractivity contribution in [2.24, 2.45) is 0 Å². The molecule has 0 saturated carbocycles. The number of para-hydroxylation sites is 1. The van der Waals surface area contributed by atoms with E-state index in [0.29, 0.717) is 48.0 Å². The van der Waals surface area contributed by atoms with E-state index in [1.165, 1.54) is 16.7 Å². The Bertz CT molecular complexity index is 1430. The molecule has 192 valence electrons. The molecule has 37 heavy (non-hydrogen) atoms. The molecule has 1 saturated heterocycles. The molecule has 8 nitrogen and oxygen atoms in total. The number of aromatic nitrogens is 2. The van der Waals surface area contributed by atoms with Crippen molar-refractivity contribution < 1.29 is 14.3 Å². The van der Waals surface area contributed by atoms with Gasteiger partial charge in [0.2, 0.25) is 0 Å². The number of H-pyrrole nitrogens is 1. The molecule has 2 aromatic carbocycles. The summed E-state index contributed by atoms with van der Waals surface area (Å²) >= 11 is 0. The number of aryl methyl sites for hydroxylation is 2. The summed E-state index contributed by atoms with van der Waals surface area (Å²) in [5, 5.41) is 3.23. The Balaban J connectivity index is 1.74. The van der Waals surface area contributed by atoms with Crippen molar-refractivity contribution in [2.75, 3.05) is 25.1 Å². The second kappa shape index (κ2) is 10.1. The van der Waals surface area contributed by atoms with Gasteiger partial charge in [0.1, 0.15) is 11.4 Å². The Morgan fingerprint density at radius 3 is 2.35 bits per heavy atom. The molecule has 0 atom stereocenters. The van der Waals surface area contributed by atoms with Crippen LogP contribution in [0.5, 0.6) is 5.75 Å². The smallest absolute Gasteiger partial charge is 0.282 e.